The van der Waals surface area contributed by atoms with Gasteiger partial charge in [0.25, 0.3) is 0 Å². The van der Waals surface area contributed by atoms with Gasteiger partial charge in [-0.1, -0.05) is 50.2 Å². The van der Waals surface area contributed by atoms with Gasteiger partial charge in [0.2, 0.25) is 11.8 Å². The van der Waals surface area contributed by atoms with E-state index in [9.17, 15) is 29.4 Å². The van der Waals surface area contributed by atoms with E-state index in [1.165, 1.54) is 0 Å². The van der Waals surface area contributed by atoms with Crippen LogP contribution in [0.2, 0.25) is 0 Å². The molecule has 6 N–H and O–H groups in total. The second-order valence-corrected chi connectivity index (χ2v) is 16.6. The second-order valence-electron chi connectivity index (χ2n) is 16.6. The number of carbonyl (C=O) groups is 4. The van der Waals surface area contributed by atoms with Gasteiger partial charge >= 0.3 is 12.2 Å². The highest BCUT2D eigenvalue weighted by atomic mass is 16.4. The Morgan fingerprint density at radius 3 is 1.59 bits per heavy atom. The van der Waals surface area contributed by atoms with Crippen LogP contribution in [0.25, 0.3) is 33.6 Å². The van der Waals surface area contributed by atoms with E-state index in [0.29, 0.717) is 12.8 Å². The van der Waals surface area contributed by atoms with Crippen LogP contribution in [0, 0.1) is 24.7 Å². The predicted molar refractivity (Wildman–Crippen MR) is 208 cm³/mol. The molecule has 14 nitrogen and oxygen atoms in total. The maximum absolute atomic E-state index is 12.9. The number of carboxylic acid groups (broad SMARTS) is 2. The summed E-state index contributed by atoms with van der Waals surface area (Å²) in [5, 5.41) is 22.5. The average molecular weight is 763 g/mol. The molecule has 2 saturated carbocycles. The molecule has 0 bridgehead atoms. The van der Waals surface area contributed by atoms with E-state index in [-0.39, 0.29) is 22.9 Å². The van der Waals surface area contributed by atoms with Crippen molar-refractivity contribution in [1.29, 1.82) is 0 Å². The van der Waals surface area contributed by atoms with Crippen LogP contribution < -0.4 is 10.6 Å². The van der Waals surface area contributed by atoms with Gasteiger partial charge in [-0.3, -0.25) is 30.0 Å². The molecule has 14 heteroatoms. The summed E-state index contributed by atoms with van der Waals surface area (Å²) in [4.78, 5) is 69.3. The molecule has 4 aromatic rings. The van der Waals surface area contributed by atoms with E-state index in [1.807, 2.05) is 26.2 Å². The van der Waals surface area contributed by atoms with Gasteiger partial charge in [0, 0.05) is 18.7 Å². The van der Waals surface area contributed by atoms with Crippen LogP contribution in [0.3, 0.4) is 0 Å². The summed E-state index contributed by atoms with van der Waals surface area (Å²) in [7, 11) is 0. The fourth-order valence-electron chi connectivity index (χ4n) is 9.49. The summed E-state index contributed by atoms with van der Waals surface area (Å²) in [5.74, 6) is 0.605. The van der Waals surface area contributed by atoms with Crippen molar-refractivity contribution >= 4 is 24.0 Å². The third-order valence-electron chi connectivity index (χ3n) is 13.0. The first-order valence-electron chi connectivity index (χ1n) is 19.7. The van der Waals surface area contributed by atoms with E-state index < -0.39 is 36.1 Å². The first-order chi connectivity index (χ1) is 26.8. The molecule has 2 aromatic heterocycles. The number of benzene rings is 2. The van der Waals surface area contributed by atoms with Crippen molar-refractivity contribution in [2.75, 3.05) is 13.1 Å². The van der Waals surface area contributed by atoms with Crippen LogP contribution in [0.5, 0.6) is 0 Å². The molecule has 4 amide bonds. The molecule has 0 radical (unpaired) electrons. The van der Waals surface area contributed by atoms with Crippen LogP contribution in [-0.2, 0) is 9.59 Å². The zero-order valence-corrected chi connectivity index (χ0v) is 32.3. The van der Waals surface area contributed by atoms with Gasteiger partial charge in [0.15, 0.2) is 0 Å². The number of likely N-dealkylation sites (tertiary alicyclic amines) is 2. The SMILES string of the molecule is CC[C@@H](C(=O)NC(=O)O)N1CC2(CC2)C[C@H]1c1ncc(-c2ccc(-c3ccc(-c4cnc([C@@H]5CC6(CC6)CN5[C@@H](CC)C(=O)NC(=O)O)[nH]4)c(C)c3C)cc2)[nH]1. The minimum atomic E-state index is -1.34. The molecule has 2 saturated heterocycles. The van der Waals surface area contributed by atoms with Gasteiger partial charge in [-0.15, -0.1) is 0 Å². The van der Waals surface area contributed by atoms with Gasteiger partial charge < -0.3 is 20.2 Å². The van der Waals surface area contributed by atoms with Gasteiger partial charge in [-0.2, -0.15) is 0 Å². The van der Waals surface area contributed by atoms with Gasteiger partial charge in [-0.25, -0.2) is 19.6 Å². The van der Waals surface area contributed by atoms with Crippen LogP contribution in [0.4, 0.5) is 9.59 Å². The molecule has 2 spiro atoms. The summed E-state index contributed by atoms with van der Waals surface area (Å²) >= 11 is 0. The Morgan fingerprint density at radius 1 is 0.696 bits per heavy atom. The monoisotopic (exact) mass is 762 g/mol. The van der Waals surface area contributed by atoms with E-state index in [2.05, 4.69) is 80.6 Å². The Hall–Kier alpha value is -5.34. The number of carbonyl (C=O) groups excluding carboxylic acids is 2. The third-order valence-corrected chi connectivity index (χ3v) is 13.0. The lowest BCUT2D eigenvalue weighted by Gasteiger charge is -2.30. The number of aromatic amines is 2. The van der Waals surface area contributed by atoms with E-state index in [1.54, 1.807) is 0 Å². The Bertz CT molecular complexity index is 2180. The van der Waals surface area contributed by atoms with Gasteiger partial charge in [0.05, 0.1) is 47.9 Å². The first kappa shape index (κ1) is 37.6. The molecule has 56 heavy (non-hydrogen) atoms. The molecule has 2 aromatic carbocycles. The van der Waals surface area contributed by atoms with E-state index in [0.717, 1.165) is 108 Å². The van der Waals surface area contributed by atoms with E-state index in [4.69, 9.17) is 9.97 Å². The van der Waals surface area contributed by atoms with Crippen LogP contribution >= 0.6 is 0 Å². The quantitative estimate of drug-likeness (QED) is 0.0930. The highest BCUT2D eigenvalue weighted by Gasteiger charge is 2.56. The molecule has 294 valence electrons. The molecule has 2 aliphatic carbocycles. The van der Waals surface area contributed by atoms with Gasteiger partial charge in [-0.05, 0) is 104 Å². The molecule has 2 aliphatic heterocycles. The fourth-order valence-corrected chi connectivity index (χ4v) is 9.49. The summed E-state index contributed by atoms with van der Waals surface area (Å²) in [6.07, 6.45) is 8.22. The lowest BCUT2D eigenvalue weighted by Crippen LogP contribution is -2.48. The number of nitrogens with one attached hydrogen (secondary N) is 4. The molecule has 8 rings (SSSR count). The molecule has 4 aliphatic rings. The Labute approximate surface area is 325 Å². The number of H-pyrrole nitrogens is 2. The van der Waals surface area contributed by atoms with E-state index >= 15 is 0 Å². The maximum atomic E-state index is 12.9. The number of nitrogens with zero attached hydrogens (tertiary/aromatic N) is 4. The summed E-state index contributed by atoms with van der Waals surface area (Å²) in [5.41, 5.74) is 8.64. The third kappa shape index (κ3) is 7.00. The summed E-state index contributed by atoms with van der Waals surface area (Å²) in [6, 6.07) is 11.3. The molecule has 4 heterocycles. The highest BCUT2D eigenvalue weighted by Crippen LogP contribution is 2.60. The van der Waals surface area contributed by atoms with Crippen LogP contribution in [0.1, 0.15) is 100 Å². The van der Waals surface area contributed by atoms with Crippen molar-refractivity contribution in [2.45, 2.75) is 103 Å². The highest BCUT2D eigenvalue weighted by molar-refractivity contribution is 5.94. The van der Waals surface area contributed by atoms with Crippen molar-refractivity contribution in [3.05, 3.63) is 71.6 Å². The second kappa shape index (κ2) is 14.3. The van der Waals surface area contributed by atoms with Crippen molar-refractivity contribution < 1.29 is 29.4 Å². The zero-order valence-electron chi connectivity index (χ0n) is 32.3. The molecular formula is C42H50N8O6. The maximum Gasteiger partial charge on any atom is 0.411 e. The average Bonchev–Trinajstić information content (AvgIpc) is 3.75. The lowest BCUT2D eigenvalue weighted by atomic mass is 9.92. The number of amides is 4. The van der Waals surface area contributed by atoms with Gasteiger partial charge in [0.1, 0.15) is 11.6 Å². The summed E-state index contributed by atoms with van der Waals surface area (Å²) < 4.78 is 0. The lowest BCUT2D eigenvalue weighted by molar-refractivity contribution is -0.127. The topological polar surface area (TPSA) is 197 Å². The predicted octanol–water partition coefficient (Wildman–Crippen LogP) is 6.95. The van der Waals surface area contributed by atoms with Crippen LogP contribution in [-0.4, -0.2) is 89.1 Å². The molecule has 0 unspecified atom stereocenters. The smallest absolute Gasteiger partial charge is 0.411 e. The minimum absolute atomic E-state index is 0.101. The molecular weight excluding hydrogens is 713 g/mol. The largest absolute Gasteiger partial charge is 0.465 e. The fraction of sp³-hybridized carbons (Fsp3) is 0.476. The Balaban J connectivity index is 0.991. The minimum Gasteiger partial charge on any atom is -0.465 e. The van der Waals surface area contributed by atoms with Crippen molar-refractivity contribution in [1.82, 2.24) is 40.4 Å². The number of hydrogen-bond acceptors (Lipinski definition) is 8. The number of rotatable bonds is 11. The first-order valence-corrected chi connectivity index (χ1v) is 19.7. The number of hydrogen-bond donors (Lipinski definition) is 6. The number of imide groups is 2. The van der Waals surface area contributed by atoms with Crippen molar-refractivity contribution in [2.24, 2.45) is 10.8 Å². The standard InChI is InChI=1S/C42H50N8O6/c1-5-31(37(51)47-39(53)54)49-21-41(13-14-41)17-33(49)35-43-19-29(45-35)26-9-7-25(8-10-26)27-11-12-28(24(4)23(27)3)30-20-44-36(46-30)34-18-42(15-16-42)22-50(34)32(6-2)38(52)48-40(55)56/h7-12,19-20,31-34H,5-6,13-18,21-22H2,1-4H3,(H,43,45)(H,44,46)(H,47,51)(H,48,52)(H,53,54)(H,55,56)/t31-,32-,33-,34-/m0/s1. The van der Waals surface area contributed by atoms with Crippen molar-refractivity contribution in [3.8, 4) is 33.6 Å². The summed E-state index contributed by atoms with van der Waals surface area (Å²) in [6.45, 7) is 9.57. The number of aromatic nitrogens is 4. The molecule has 4 atom stereocenters. The zero-order chi connectivity index (χ0) is 39.5. The normalized spacial score (nSPS) is 21.9. The Morgan fingerprint density at radius 2 is 1.12 bits per heavy atom. The van der Waals surface area contributed by atoms with Crippen molar-refractivity contribution in [3.63, 3.8) is 0 Å². The van der Waals surface area contributed by atoms with Crippen LogP contribution in [0.15, 0.2) is 48.8 Å². The molecule has 4 fully saturated rings. The Kier molecular flexibility index (Phi) is 9.60. The number of imidazole rings is 2.